The molecular formula is C26H43N3OS2. The number of thiophene rings is 1. The van der Waals surface area contributed by atoms with E-state index in [2.05, 4.69) is 29.4 Å². The minimum atomic E-state index is 0.0198. The summed E-state index contributed by atoms with van der Waals surface area (Å²) in [5.74, 6) is 1.02. The Morgan fingerprint density at radius 2 is 1.91 bits per heavy atom. The summed E-state index contributed by atoms with van der Waals surface area (Å²) in [5.41, 5.74) is 8.45. The lowest BCUT2D eigenvalue weighted by Crippen LogP contribution is -2.29. The van der Waals surface area contributed by atoms with Crippen LogP contribution in [0.2, 0.25) is 0 Å². The van der Waals surface area contributed by atoms with Crippen molar-refractivity contribution < 1.29 is 0 Å². The molecule has 180 valence electrons. The molecule has 0 unspecified atom stereocenters. The predicted octanol–water partition coefficient (Wildman–Crippen LogP) is 6.28. The first-order valence-electron chi connectivity index (χ1n) is 12.4. The Kier molecular flexibility index (Phi) is 12.7. The average molecular weight is 478 g/mol. The molecule has 32 heavy (non-hydrogen) atoms. The SMILES string of the molecule is CCCN(CCCN)CCC1CCCCC1.CCc1cc(-c2ccc(S)s2)c(C)[nH]c1=O. The number of thiol groups is 1. The van der Waals surface area contributed by atoms with Crippen LogP contribution >= 0.6 is 24.0 Å². The van der Waals surface area contributed by atoms with Gasteiger partial charge in [-0.3, -0.25) is 4.79 Å². The van der Waals surface area contributed by atoms with Crippen molar-refractivity contribution in [1.29, 1.82) is 0 Å². The Hall–Kier alpha value is -1.08. The van der Waals surface area contributed by atoms with Crippen molar-refractivity contribution in [2.45, 2.75) is 82.8 Å². The molecule has 0 atom stereocenters. The van der Waals surface area contributed by atoms with Crippen LogP contribution in [0, 0.1) is 12.8 Å². The molecule has 1 aliphatic carbocycles. The van der Waals surface area contributed by atoms with E-state index in [0.717, 1.165) is 51.2 Å². The monoisotopic (exact) mass is 477 g/mol. The van der Waals surface area contributed by atoms with Gasteiger partial charge in [0.05, 0.1) is 4.21 Å². The van der Waals surface area contributed by atoms with E-state index in [1.54, 1.807) is 11.3 Å². The van der Waals surface area contributed by atoms with Crippen LogP contribution in [0.1, 0.15) is 76.5 Å². The number of rotatable bonds is 10. The van der Waals surface area contributed by atoms with Crippen LogP contribution in [0.3, 0.4) is 0 Å². The zero-order chi connectivity index (χ0) is 23.3. The molecule has 0 spiro atoms. The third-order valence-electron chi connectivity index (χ3n) is 6.35. The van der Waals surface area contributed by atoms with Gasteiger partial charge in [0.25, 0.3) is 5.56 Å². The molecule has 2 aromatic heterocycles. The minimum Gasteiger partial charge on any atom is -0.330 e. The third kappa shape index (κ3) is 9.05. The number of aryl methyl sites for hydroxylation is 2. The second-order valence-electron chi connectivity index (χ2n) is 8.93. The molecule has 0 aliphatic heterocycles. The summed E-state index contributed by atoms with van der Waals surface area (Å²) < 4.78 is 0.985. The topological polar surface area (TPSA) is 62.1 Å². The van der Waals surface area contributed by atoms with Gasteiger partial charge in [0.15, 0.2) is 0 Å². The van der Waals surface area contributed by atoms with Crippen molar-refractivity contribution in [1.82, 2.24) is 9.88 Å². The first-order chi connectivity index (χ1) is 15.5. The van der Waals surface area contributed by atoms with Crippen LogP contribution < -0.4 is 11.3 Å². The van der Waals surface area contributed by atoms with Gasteiger partial charge in [0.1, 0.15) is 0 Å². The number of hydrogen-bond donors (Lipinski definition) is 3. The summed E-state index contributed by atoms with van der Waals surface area (Å²) in [5, 5.41) is 0. The molecule has 1 saturated carbocycles. The normalized spacial score (nSPS) is 14.4. The minimum absolute atomic E-state index is 0.0198. The standard InChI is InChI=1S/C14H30N2.C12H13NOS2/c1-2-11-16(12-6-10-15)13-9-14-7-4-3-5-8-14;1-3-8-6-9(7(2)13-12(8)14)10-4-5-11(15)16-10/h14H,2-13,15H2,1H3;4-6,15H,3H2,1-2H3,(H,13,14). The van der Waals surface area contributed by atoms with Gasteiger partial charge in [-0.2, -0.15) is 0 Å². The lowest BCUT2D eigenvalue weighted by atomic mass is 9.87. The van der Waals surface area contributed by atoms with E-state index in [1.165, 1.54) is 64.6 Å². The van der Waals surface area contributed by atoms with E-state index in [1.807, 2.05) is 32.0 Å². The smallest absolute Gasteiger partial charge is 0.251 e. The summed E-state index contributed by atoms with van der Waals surface area (Å²) in [4.78, 5) is 18.2. The van der Waals surface area contributed by atoms with Gasteiger partial charge in [-0.15, -0.1) is 24.0 Å². The number of H-pyrrole nitrogens is 1. The molecule has 0 bridgehead atoms. The molecule has 2 aromatic rings. The van der Waals surface area contributed by atoms with Gasteiger partial charge in [-0.05, 0) is 82.9 Å². The summed E-state index contributed by atoms with van der Waals surface area (Å²) in [6.45, 7) is 10.8. The van der Waals surface area contributed by atoms with E-state index in [-0.39, 0.29) is 5.56 Å². The van der Waals surface area contributed by atoms with Crippen molar-refractivity contribution in [3.63, 3.8) is 0 Å². The van der Waals surface area contributed by atoms with Crippen molar-refractivity contribution in [2.24, 2.45) is 11.7 Å². The number of aromatic nitrogens is 1. The van der Waals surface area contributed by atoms with Crippen LogP contribution in [-0.2, 0) is 6.42 Å². The van der Waals surface area contributed by atoms with Gasteiger partial charge < -0.3 is 15.6 Å². The number of aromatic amines is 1. The number of nitrogens with one attached hydrogen (secondary N) is 1. The Labute approximate surface area is 204 Å². The molecule has 3 rings (SSSR count). The van der Waals surface area contributed by atoms with Crippen molar-refractivity contribution in [2.75, 3.05) is 26.2 Å². The van der Waals surface area contributed by atoms with Gasteiger partial charge in [-0.25, -0.2) is 0 Å². The van der Waals surface area contributed by atoms with Crippen LogP contribution in [0.25, 0.3) is 10.4 Å². The third-order valence-corrected chi connectivity index (χ3v) is 7.69. The molecule has 0 radical (unpaired) electrons. The Morgan fingerprint density at radius 1 is 1.16 bits per heavy atom. The van der Waals surface area contributed by atoms with Gasteiger partial charge in [0, 0.05) is 21.7 Å². The maximum absolute atomic E-state index is 11.6. The fraction of sp³-hybridized carbons (Fsp3) is 0.654. The molecule has 0 saturated heterocycles. The molecule has 0 aromatic carbocycles. The fourth-order valence-corrected chi connectivity index (χ4v) is 5.65. The molecular weight excluding hydrogens is 434 g/mol. The van der Waals surface area contributed by atoms with Crippen LogP contribution in [-0.4, -0.2) is 36.1 Å². The zero-order valence-corrected chi connectivity index (χ0v) is 22.0. The number of pyridine rings is 1. The number of nitrogens with zero attached hydrogens (tertiary/aromatic N) is 1. The number of nitrogens with two attached hydrogens (primary N) is 1. The van der Waals surface area contributed by atoms with E-state index in [0.29, 0.717) is 0 Å². The first-order valence-corrected chi connectivity index (χ1v) is 13.7. The highest BCUT2D eigenvalue weighted by Crippen LogP contribution is 2.31. The quantitative estimate of drug-likeness (QED) is 0.353. The average Bonchev–Trinajstić information content (AvgIpc) is 3.23. The van der Waals surface area contributed by atoms with Gasteiger partial charge in [0.2, 0.25) is 0 Å². The second kappa shape index (κ2) is 14.9. The summed E-state index contributed by atoms with van der Waals surface area (Å²) in [7, 11) is 0. The maximum atomic E-state index is 11.6. The highest BCUT2D eigenvalue weighted by molar-refractivity contribution is 7.83. The van der Waals surface area contributed by atoms with Gasteiger partial charge in [-0.1, -0.05) is 46.0 Å². The Morgan fingerprint density at radius 3 is 2.50 bits per heavy atom. The summed E-state index contributed by atoms with van der Waals surface area (Å²) in [6, 6.07) is 5.99. The highest BCUT2D eigenvalue weighted by atomic mass is 32.2. The van der Waals surface area contributed by atoms with Crippen molar-refractivity contribution in [3.8, 4) is 10.4 Å². The summed E-state index contributed by atoms with van der Waals surface area (Å²) in [6.07, 6.45) is 12.0. The van der Waals surface area contributed by atoms with Crippen LogP contribution in [0.5, 0.6) is 0 Å². The predicted molar refractivity (Wildman–Crippen MR) is 143 cm³/mol. The Bertz CT molecular complexity index is 840. The molecule has 3 N–H and O–H groups in total. The van der Waals surface area contributed by atoms with E-state index < -0.39 is 0 Å². The first kappa shape index (κ1) is 27.2. The zero-order valence-electron chi connectivity index (χ0n) is 20.3. The van der Waals surface area contributed by atoms with E-state index in [4.69, 9.17) is 5.73 Å². The molecule has 2 heterocycles. The fourth-order valence-electron chi connectivity index (χ4n) is 4.46. The van der Waals surface area contributed by atoms with Crippen LogP contribution in [0.4, 0.5) is 0 Å². The lowest BCUT2D eigenvalue weighted by Gasteiger charge is -2.26. The van der Waals surface area contributed by atoms with Crippen LogP contribution in [0.15, 0.2) is 27.2 Å². The lowest BCUT2D eigenvalue weighted by molar-refractivity contribution is 0.230. The highest BCUT2D eigenvalue weighted by Gasteiger charge is 2.14. The molecule has 1 fully saturated rings. The van der Waals surface area contributed by atoms with Gasteiger partial charge >= 0.3 is 0 Å². The second-order valence-corrected chi connectivity index (χ2v) is 10.8. The largest absolute Gasteiger partial charge is 0.330 e. The van der Waals surface area contributed by atoms with Crippen molar-refractivity contribution in [3.05, 3.63) is 39.8 Å². The maximum Gasteiger partial charge on any atom is 0.251 e. The van der Waals surface area contributed by atoms with Crippen molar-refractivity contribution >= 4 is 24.0 Å². The summed E-state index contributed by atoms with van der Waals surface area (Å²) >= 11 is 5.93. The molecule has 4 nitrogen and oxygen atoms in total. The van der Waals surface area contributed by atoms with E-state index >= 15 is 0 Å². The number of hydrogen-bond acceptors (Lipinski definition) is 5. The van der Waals surface area contributed by atoms with E-state index in [9.17, 15) is 4.79 Å². The molecule has 0 amide bonds. The molecule has 6 heteroatoms. The molecule has 1 aliphatic rings. The Balaban J connectivity index is 0.000000227.